The van der Waals surface area contributed by atoms with Gasteiger partial charge in [0.1, 0.15) is 11.9 Å². The Hall–Kier alpha value is -1.95. The zero-order valence-electron chi connectivity index (χ0n) is 10.6. The van der Waals surface area contributed by atoms with E-state index in [1.54, 1.807) is 11.0 Å². The predicted octanol–water partition coefficient (Wildman–Crippen LogP) is 0.526. The number of amides is 2. The number of nitrogens with one attached hydrogen (secondary N) is 1. The summed E-state index contributed by atoms with van der Waals surface area (Å²) in [7, 11) is 0. The van der Waals surface area contributed by atoms with Crippen molar-refractivity contribution >= 4 is 17.5 Å². The van der Waals surface area contributed by atoms with Gasteiger partial charge in [0.15, 0.2) is 0 Å². The van der Waals surface area contributed by atoms with Gasteiger partial charge in [0, 0.05) is 12.2 Å². The highest BCUT2D eigenvalue weighted by Gasteiger charge is 2.32. The molecule has 0 bridgehead atoms. The van der Waals surface area contributed by atoms with Crippen molar-refractivity contribution in [1.82, 2.24) is 5.32 Å². The molecule has 1 atom stereocenters. The average Bonchev–Trinajstić information content (AvgIpc) is 2.37. The molecule has 1 aromatic carbocycles. The first kappa shape index (κ1) is 13.5. The normalized spacial score (nSPS) is 19.5. The van der Waals surface area contributed by atoms with E-state index >= 15 is 0 Å². The second kappa shape index (κ2) is 5.36. The average molecular weight is 265 g/mol. The summed E-state index contributed by atoms with van der Waals surface area (Å²) in [6.07, 6.45) is 0.535. The zero-order chi connectivity index (χ0) is 14.0. The molecule has 1 saturated heterocycles. The quantitative estimate of drug-likeness (QED) is 0.782. The SMILES string of the molecule is CCC1C(=O)NC(=O)CN1c1cc(F)cc(CN)c1. The van der Waals surface area contributed by atoms with Crippen LogP contribution in [-0.2, 0) is 16.1 Å². The molecule has 102 valence electrons. The number of halogens is 1. The maximum absolute atomic E-state index is 13.5. The number of anilines is 1. The van der Waals surface area contributed by atoms with Gasteiger partial charge in [0.05, 0.1) is 6.54 Å². The van der Waals surface area contributed by atoms with Gasteiger partial charge in [-0.2, -0.15) is 0 Å². The minimum atomic E-state index is -0.467. The summed E-state index contributed by atoms with van der Waals surface area (Å²) in [5.74, 6) is -1.16. The van der Waals surface area contributed by atoms with Gasteiger partial charge in [-0.15, -0.1) is 0 Å². The summed E-state index contributed by atoms with van der Waals surface area (Å²) in [5.41, 5.74) is 6.65. The number of hydrogen-bond donors (Lipinski definition) is 2. The molecule has 1 aliphatic heterocycles. The number of rotatable bonds is 3. The van der Waals surface area contributed by atoms with Gasteiger partial charge in [-0.25, -0.2) is 4.39 Å². The molecular weight excluding hydrogens is 249 g/mol. The Kier molecular flexibility index (Phi) is 3.80. The maximum atomic E-state index is 13.5. The van der Waals surface area contributed by atoms with E-state index in [9.17, 15) is 14.0 Å². The van der Waals surface area contributed by atoms with Crippen molar-refractivity contribution in [3.05, 3.63) is 29.6 Å². The summed E-state index contributed by atoms with van der Waals surface area (Å²) in [5, 5.41) is 2.29. The van der Waals surface area contributed by atoms with Crippen LogP contribution in [0.25, 0.3) is 0 Å². The van der Waals surface area contributed by atoms with Crippen LogP contribution < -0.4 is 16.0 Å². The molecule has 3 N–H and O–H groups in total. The largest absolute Gasteiger partial charge is 0.350 e. The van der Waals surface area contributed by atoms with Crippen LogP contribution in [0.2, 0.25) is 0 Å². The number of benzene rings is 1. The van der Waals surface area contributed by atoms with Crippen molar-refractivity contribution in [2.45, 2.75) is 25.9 Å². The third-order valence-corrected chi connectivity index (χ3v) is 3.15. The molecule has 2 amide bonds. The minimum absolute atomic E-state index is 0.0394. The van der Waals surface area contributed by atoms with Crippen LogP contribution in [0.15, 0.2) is 18.2 Å². The molecule has 19 heavy (non-hydrogen) atoms. The van der Waals surface area contributed by atoms with Crippen molar-refractivity contribution < 1.29 is 14.0 Å². The maximum Gasteiger partial charge on any atom is 0.249 e. The number of imide groups is 1. The Morgan fingerprint density at radius 1 is 1.42 bits per heavy atom. The fourth-order valence-corrected chi connectivity index (χ4v) is 2.26. The molecule has 0 saturated carbocycles. The van der Waals surface area contributed by atoms with Crippen molar-refractivity contribution in [2.24, 2.45) is 5.73 Å². The second-order valence-corrected chi connectivity index (χ2v) is 4.49. The Balaban J connectivity index is 2.39. The van der Waals surface area contributed by atoms with Gasteiger partial charge in [-0.1, -0.05) is 6.92 Å². The van der Waals surface area contributed by atoms with E-state index in [0.717, 1.165) is 0 Å². The third kappa shape index (κ3) is 2.73. The Labute approximate surface area is 110 Å². The van der Waals surface area contributed by atoms with Gasteiger partial charge in [-0.05, 0) is 30.2 Å². The van der Waals surface area contributed by atoms with E-state index in [1.807, 2.05) is 6.92 Å². The smallest absolute Gasteiger partial charge is 0.249 e. The summed E-state index contributed by atoms with van der Waals surface area (Å²) in [6, 6.07) is 3.90. The van der Waals surface area contributed by atoms with Crippen LogP contribution in [0.5, 0.6) is 0 Å². The lowest BCUT2D eigenvalue weighted by Crippen LogP contribution is -2.58. The number of carbonyl (C=O) groups is 2. The van der Waals surface area contributed by atoms with Crippen molar-refractivity contribution in [3.8, 4) is 0 Å². The number of nitrogens with zero attached hydrogens (tertiary/aromatic N) is 1. The lowest BCUT2D eigenvalue weighted by Gasteiger charge is -2.35. The molecule has 1 aromatic rings. The molecule has 0 aliphatic carbocycles. The molecule has 0 spiro atoms. The van der Waals surface area contributed by atoms with Crippen molar-refractivity contribution in [2.75, 3.05) is 11.4 Å². The van der Waals surface area contributed by atoms with E-state index in [2.05, 4.69) is 5.32 Å². The van der Waals surface area contributed by atoms with Gasteiger partial charge in [0.2, 0.25) is 11.8 Å². The first-order valence-corrected chi connectivity index (χ1v) is 6.15. The summed E-state index contributed by atoms with van der Waals surface area (Å²) in [6.45, 7) is 2.09. The van der Waals surface area contributed by atoms with Gasteiger partial charge in [0.25, 0.3) is 0 Å². The van der Waals surface area contributed by atoms with E-state index in [-0.39, 0.29) is 24.9 Å². The van der Waals surface area contributed by atoms with Crippen molar-refractivity contribution in [1.29, 1.82) is 0 Å². The first-order chi connectivity index (χ1) is 9.05. The third-order valence-electron chi connectivity index (χ3n) is 3.15. The summed E-state index contributed by atoms with van der Waals surface area (Å²) in [4.78, 5) is 24.8. The Morgan fingerprint density at radius 3 is 2.79 bits per heavy atom. The predicted molar refractivity (Wildman–Crippen MR) is 68.9 cm³/mol. The van der Waals surface area contributed by atoms with Crippen LogP contribution in [0.4, 0.5) is 10.1 Å². The van der Waals surface area contributed by atoms with E-state index < -0.39 is 11.9 Å². The monoisotopic (exact) mass is 265 g/mol. The highest BCUT2D eigenvalue weighted by atomic mass is 19.1. The topological polar surface area (TPSA) is 75.4 Å². The summed E-state index contributed by atoms with van der Waals surface area (Å²) < 4.78 is 13.5. The molecule has 1 fully saturated rings. The zero-order valence-corrected chi connectivity index (χ0v) is 10.6. The number of piperazine rings is 1. The molecule has 1 aliphatic rings. The lowest BCUT2D eigenvalue weighted by molar-refractivity contribution is -0.132. The molecule has 1 unspecified atom stereocenters. The molecule has 5 nitrogen and oxygen atoms in total. The molecular formula is C13H16FN3O2. The van der Waals surface area contributed by atoms with Crippen LogP contribution in [-0.4, -0.2) is 24.4 Å². The highest BCUT2D eigenvalue weighted by Crippen LogP contribution is 2.23. The van der Waals surface area contributed by atoms with Crippen molar-refractivity contribution in [3.63, 3.8) is 0 Å². The number of carbonyl (C=O) groups excluding carboxylic acids is 2. The first-order valence-electron chi connectivity index (χ1n) is 6.15. The van der Waals surface area contributed by atoms with Crippen LogP contribution >= 0.6 is 0 Å². The standard InChI is InChI=1S/C13H16FN3O2/c1-2-11-13(19)16-12(18)7-17(11)10-4-8(6-15)3-9(14)5-10/h3-5,11H,2,6-7,15H2,1H3,(H,16,18,19). The minimum Gasteiger partial charge on any atom is -0.350 e. The fraction of sp³-hybridized carbons (Fsp3) is 0.385. The molecule has 0 aromatic heterocycles. The van der Waals surface area contributed by atoms with E-state index in [4.69, 9.17) is 5.73 Å². The van der Waals surface area contributed by atoms with Gasteiger partial charge < -0.3 is 10.6 Å². The van der Waals surface area contributed by atoms with Crippen LogP contribution in [0.3, 0.4) is 0 Å². The van der Waals surface area contributed by atoms with Gasteiger partial charge in [-0.3, -0.25) is 14.9 Å². The number of nitrogens with two attached hydrogens (primary N) is 1. The Bertz CT molecular complexity index is 519. The Morgan fingerprint density at radius 2 is 2.16 bits per heavy atom. The van der Waals surface area contributed by atoms with Gasteiger partial charge >= 0.3 is 0 Å². The lowest BCUT2D eigenvalue weighted by atomic mass is 10.1. The fourth-order valence-electron chi connectivity index (χ4n) is 2.26. The molecule has 1 heterocycles. The second-order valence-electron chi connectivity index (χ2n) is 4.49. The molecule has 2 rings (SSSR count). The molecule has 6 heteroatoms. The van der Waals surface area contributed by atoms with E-state index in [0.29, 0.717) is 17.7 Å². The summed E-state index contributed by atoms with van der Waals surface area (Å²) >= 11 is 0. The highest BCUT2D eigenvalue weighted by molar-refractivity contribution is 6.04. The molecule has 0 radical (unpaired) electrons. The number of hydrogen-bond acceptors (Lipinski definition) is 4. The van der Waals surface area contributed by atoms with Crippen LogP contribution in [0.1, 0.15) is 18.9 Å². The van der Waals surface area contributed by atoms with Crippen LogP contribution in [0, 0.1) is 5.82 Å². The van der Waals surface area contributed by atoms with E-state index in [1.165, 1.54) is 12.1 Å².